The van der Waals surface area contributed by atoms with Gasteiger partial charge in [0.15, 0.2) is 0 Å². The van der Waals surface area contributed by atoms with Crippen LogP contribution in [0.1, 0.15) is 39.5 Å². The minimum Gasteiger partial charge on any atom is -0.346 e. The van der Waals surface area contributed by atoms with Gasteiger partial charge in [-0.05, 0) is 60.7 Å². The van der Waals surface area contributed by atoms with Crippen molar-refractivity contribution in [3.8, 4) is 11.3 Å². The van der Waals surface area contributed by atoms with E-state index >= 15 is 0 Å². The van der Waals surface area contributed by atoms with Crippen molar-refractivity contribution in [3.05, 3.63) is 82.3 Å². The molecule has 1 saturated heterocycles. The van der Waals surface area contributed by atoms with Crippen LogP contribution in [0.2, 0.25) is 5.02 Å². The highest BCUT2D eigenvalue weighted by Gasteiger charge is 2.41. The zero-order valence-corrected chi connectivity index (χ0v) is 20.0. The average Bonchev–Trinajstić information content (AvgIpc) is 3.57. The van der Waals surface area contributed by atoms with E-state index in [0.29, 0.717) is 30.1 Å². The summed E-state index contributed by atoms with van der Waals surface area (Å²) in [6.45, 7) is 3.09. The molecule has 3 aromatic heterocycles. The molecule has 1 aliphatic carbocycles. The Morgan fingerprint density at radius 2 is 2.11 bits per heavy atom. The summed E-state index contributed by atoms with van der Waals surface area (Å²) in [4.78, 5) is 27.6. The van der Waals surface area contributed by atoms with Crippen molar-refractivity contribution in [2.45, 2.75) is 38.0 Å². The topological polar surface area (TPSA) is 73.9 Å². The fraction of sp³-hybridized carbons (Fsp3) is 0.296. The van der Waals surface area contributed by atoms with Gasteiger partial charge < -0.3 is 10.3 Å². The number of rotatable bonds is 4. The summed E-state index contributed by atoms with van der Waals surface area (Å²) >= 11 is 6.57. The number of hydrogen-bond donors (Lipinski definition) is 2. The number of H-pyrrole nitrogens is 1. The molecule has 35 heavy (non-hydrogen) atoms. The lowest BCUT2D eigenvalue weighted by Crippen LogP contribution is -2.44. The molecule has 0 bridgehead atoms. The number of alkyl halides is 1. The van der Waals surface area contributed by atoms with Gasteiger partial charge in [0.25, 0.3) is 5.91 Å². The third-order valence-electron chi connectivity index (χ3n) is 7.26. The van der Waals surface area contributed by atoms with Crippen molar-refractivity contribution >= 4 is 28.5 Å². The number of carbonyl (C=O) groups is 1. The first-order valence-electron chi connectivity index (χ1n) is 11.8. The summed E-state index contributed by atoms with van der Waals surface area (Å²) in [7, 11) is 0. The minimum atomic E-state index is -0.828. The monoisotopic (exact) mass is 489 g/mol. The van der Waals surface area contributed by atoms with E-state index in [1.54, 1.807) is 18.5 Å². The second kappa shape index (κ2) is 8.73. The number of aromatic amines is 1. The quantitative estimate of drug-likeness (QED) is 0.422. The zero-order valence-electron chi connectivity index (χ0n) is 19.3. The van der Waals surface area contributed by atoms with Crippen molar-refractivity contribution in [2.75, 3.05) is 13.1 Å². The van der Waals surface area contributed by atoms with Gasteiger partial charge >= 0.3 is 0 Å². The van der Waals surface area contributed by atoms with Crippen LogP contribution in [0.25, 0.3) is 22.3 Å². The number of aromatic nitrogens is 3. The standard InChI is InChI=1S/C27H25ClFN5O/c1-15-12-32-26-23(15)19(7-9-30-26)21-6-5-17(13-31-21)27(35)33-25-22(34-10-8-18(29)14-34)11-16-3-2-4-20(28)24(16)25/h2-7,9,12-13,18,22,25H,8,10-11,14H2,1H3,(H,30,32)(H,33,35)/t18-,22+,25-/m0/s1. The average molecular weight is 490 g/mol. The summed E-state index contributed by atoms with van der Waals surface area (Å²) in [5.74, 6) is -0.222. The Kier molecular flexibility index (Phi) is 5.54. The van der Waals surface area contributed by atoms with Crippen LogP contribution in [-0.2, 0) is 6.42 Å². The number of fused-ring (bicyclic) bond motifs is 2. The van der Waals surface area contributed by atoms with Gasteiger partial charge in [-0.3, -0.25) is 14.7 Å². The number of amides is 1. The summed E-state index contributed by atoms with van der Waals surface area (Å²) in [6, 6.07) is 11.1. The smallest absolute Gasteiger partial charge is 0.253 e. The molecule has 2 aliphatic rings. The molecule has 0 unspecified atom stereocenters. The molecule has 178 valence electrons. The largest absolute Gasteiger partial charge is 0.346 e. The van der Waals surface area contributed by atoms with Crippen LogP contribution < -0.4 is 5.32 Å². The lowest BCUT2D eigenvalue weighted by Gasteiger charge is -2.30. The fourth-order valence-corrected chi connectivity index (χ4v) is 5.85. The van der Waals surface area contributed by atoms with Gasteiger partial charge in [-0.15, -0.1) is 0 Å². The second-order valence-electron chi connectivity index (χ2n) is 9.40. The number of halogens is 2. The van der Waals surface area contributed by atoms with Gasteiger partial charge in [-0.1, -0.05) is 23.7 Å². The maximum Gasteiger partial charge on any atom is 0.253 e. The minimum absolute atomic E-state index is 0.0245. The Balaban J connectivity index is 1.28. The van der Waals surface area contributed by atoms with Crippen molar-refractivity contribution in [3.63, 3.8) is 0 Å². The molecule has 1 fully saturated rings. The van der Waals surface area contributed by atoms with Crippen LogP contribution in [-0.4, -0.2) is 51.1 Å². The second-order valence-corrected chi connectivity index (χ2v) is 9.81. The number of carbonyl (C=O) groups excluding carboxylic acids is 1. The van der Waals surface area contributed by atoms with Crippen LogP contribution in [0.3, 0.4) is 0 Å². The Morgan fingerprint density at radius 1 is 1.23 bits per heavy atom. The predicted octanol–water partition coefficient (Wildman–Crippen LogP) is 5.03. The van der Waals surface area contributed by atoms with Crippen LogP contribution >= 0.6 is 11.6 Å². The molecule has 4 heterocycles. The van der Waals surface area contributed by atoms with E-state index in [9.17, 15) is 9.18 Å². The van der Waals surface area contributed by atoms with E-state index < -0.39 is 6.17 Å². The maximum atomic E-state index is 14.0. The van der Waals surface area contributed by atoms with Crippen molar-refractivity contribution in [1.29, 1.82) is 0 Å². The van der Waals surface area contributed by atoms with Gasteiger partial charge in [0.05, 0.1) is 17.3 Å². The van der Waals surface area contributed by atoms with Crippen LogP contribution in [0, 0.1) is 6.92 Å². The Labute approximate surface area is 207 Å². The molecular weight excluding hydrogens is 465 g/mol. The van der Waals surface area contributed by atoms with E-state index in [1.165, 1.54) is 0 Å². The molecule has 1 aliphatic heterocycles. The van der Waals surface area contributed by atoms with Crippen LogP contribution in [0.5, 0.6) is 0 Å². The number of likely N-dealkylation sites (tertiary alicyclic amines) is 1. The van der Waals surface area contributed by atoms with Gasteiger partial charge in [0, 0.05) is 53.7 Å². The molecule has 3 atom stereocenters. The number of nitrogens with zero attached hydrogens (tertiary/aromatic N) is 3. The number of pyridine rings is 2. The van der Waals surface area contributed by atoms with Gasteiger partial charge in [-0.2, -0.15) is 0 Å². The van der Waals surface area contributed by atoms with Crippen LogP contribution in [0.15, 0.2) is 55.0 Å². The summed E-state index contributed by atoms with van der Waals surface area (Å²) in [5, 5.41) is 4.84. The fourth-order valence-electron chi connectivity index (χ4n) is 5.54. The Morgan fingerprint density at radius 3 is 2.89 bits per heavy atom. The lowest BCUT2D eigenvalue weighted by molar-refractivity contribution is 0.0904. The van der Waals surface area contributed by atoms with E-state index in [-0.39, 0.29) is 18.0 Å². The van der Waals surface area contributed by atoms with E-state index in [1.807, 2.05) is 43.5 Å². The molecule has 2 N–H and O–H groups in total. The van der Waals surface area contributed by atoms with Gasteiger partial charge in [0.1, 0.15) is 11.8 Å². The van der Waals surface area contributed by atoms with Gasteiger partial charge in [-0.25, -0.2) is 9.37 Å². The van der Waals surface area contributed by atoms with E-state index in [4.69, 9.17) is 11.6 Å². The third kappa shape index (κ3) is 3.89. The van der Waals surface area contributed by atoms with E-state index in [2.05, 4.69) is 25.2 Å². The highest BCUT2D eigenvalue weighted by Crippen LogP contribution is 2.40. The van der Waals surface area contributed by atoms with Crippen molar-refractivity contribution in [1.82, 2.24) is 25.2 Å². The highest BCUT2D eigenvalue weighted by molar-refractivity contribution is 6.31. The Bertz CT molecular complexity index is 1420. The molecule has 6 nitrogen and oxygen atoms in total. The third-order valence-corrected chi connectivity index (χ3v) is 7.59. The van der Waals surface area contributed by atoms with Crippen molar-refractivity contribution < 1.29 is 9.18 Å². The molecule has 4 aromatic rings. The molecule has 6 rings (SSSR count). The number of benzene rings is 1. The van der Waals surface area contributed by atoms with Gasteiger partial charge in [0.2, 0.25) is 0 Å². The molecule has 8 heteroatoms. The number of aryl methyl sites for hydroxylation is 1. The SMILES string of the molecule is Cc1c[nH]c2nccc(-c3ccc(C(=O)N[C@@H]4c5c(Cl)cccc5C[C@H]4N4CC[C@H](F)C4)cn3)c12. The number of nitrogens with one attached hydrogen (secondary N) is 2. The first kappa shape index (κ1) is 22.2. The summed E-state index contributed by atoms with van der Waals surface area (Å²) in [5.41, 5.74) is 6.14. The Hall–Kier alpha value is -3.29. The molecule has 1 aromatic carbocycles. The molecule has 0 saturated carbocycles. The molecular formula is C27H25ClFN5O. The first-order chi connectivity index (χ1) is 17.0. The normalized spacial score (nSPS) is 22.0. The zero-order chi connectivity index (χ0) is 24.1. The molecule has 0 radical (unpaired) electrons. The maximum absolute atomic E-state index is 14.0. The predicted molar refractivity (Wildman–Crippen MR) is 134 cm³/mol. The van der Waals surface area contributed by atoms with Crippen molar-refractivity contribution in [2.24, 2.45) is 0 Å². The summed E-state index contributed by atoms with van der Waals surface area (Å²) < 4.78 is 14.0. The molecule has 0 spiro atoms. The summed E-state index contributed by atoms with van der Waals surface area (Å²) in [6.07, 6.45) is 5.70. The van der Waals surface area contributed by atoms with E-state index in [0.717, 1.165) is 45.4 Å². The lowest BCUT2D eigenvalue weighted by atomic mass is 10.0. The first-order valence-corrected chi connectivity index (χ1v) is 12.2. The highest BCUT2D eigenvalue weighted by atomic mass is 35.5. The number of hydrogen-bond acceptors (Lipinski definition) is 4. The molecule has 1 amide bonds. The van der Waals surface area contributed by atoms with Crippen LogP contribution in [0.4, 0.5) is 4.39 Å².